The van der Waals surface area contributed by atoms with Gasteiger partial charge in [-0.05, 0) is 37.1 Å². The van der Waals surface area contributed by atoms with Crippen LogP contribution in [0.4, 0.5) is 4.79 Å². The first-order valence-electron chi connectivity index (χ1n) is 8.52. The molecule has 0 saturated carbocycles. The van der Waals surface area contributed by atoms with Crippen LogP contribution in [0.2, 0.25) is 1.41 Å². The Morgan fingerprint density at radius 3 is 2.94 bits per heavy atom. The van der Waals surface area contributed by atoms with E-state index in [-0.39, 0.29) is 34.6 Å². The molecule has 16 heavy (non-hydrogen) atoms. The zero-order valence-electron chi connectivity index (χ0n) is 16.7. The molecule has 1 aliphatic heterocycles. The molecule has 4 heteroatoms. The van der Waals surface area contributed by atoms with Gasteiger partial charge in [0, 0.05) is 0 Å². The Hall–Kier alpha value is -1.71. The fourth-order valence-corrected chi connectivity index (χ4v) is 1.19. The Kier molecular flexibility index (Phi) is 1.29. The Labute approximate surface area is 106 Å². The van der Waals surface area contributed by atoms with Gasteiger partial charge in [0.15, 0.2) is 7.52 Å². The summed E-state index contributed by atoms with van der Waals surface area (Å²) in [6, 6.07) is -0.808. The van der Waals surface area contributed by atoms with E-state index in [9.17, 15) is 4.79 Å². The maximum Gasteiger partial charge on any atom is 0.407 e. The van der Waals surface area contributed by atoms with E-state index >= 15 is 0 Å². The van der Waals surface area contributed by atoms with Crippen molar-refractivity contribution in [2.45, 2.75) is 20.0 Å². The lowest BCUT2D eigenvalue weighted by atomic mass is 10.1. The van der Waals surface area contributed by atoms with Crippen LogP contribution in [0.5, 0.6) is 5.75 Å². The van der Waals surface area contributed by atoms with Gasteiger partial charge >= 0.3 is 6.09 Å². The Morgan fingerprint density at radius 2 is 2.38 bits per heavy atom. The summed E-state index contributed by atoms with van der Waals surface area (Å²) in [5, 5.41) is -0.133. The van der Waals surface area contributed by atoms with E-state index in [0.29, 0.717) is 0 Å². The van der Waals surface area contributed by atoms with Crippen LogP contribution in [-0.2, 0) is 4.74 Å². The third-order valence-corrected chi connectivity index (χ3v) is 1.74. The van der Waals surface area contributed by atoms with Crippen molar-refractivity contribution in [2.75, 3.05) is 13.1 Å². The third-order valence-electron chi connectivity index (χ3n) is 1.74. The maximum atomic E-state index is 11.3. The van der Waals surface area contributed by atoms with E-state index in [1.165, 1.54) is 13.8 Å². The van der Waals surface area contributed by atoms with Crippen LogP contribution in [0, 0.1) is 13.8 Å². The van der Waals surface area contributed by atoms with Crippen molar-refractivity contribution in [3.63, 3.8) is 0 Å². The van der Waals surface area contributed by atoms with E-state index in [0.717, 1.165) is 0 Å². The molecule has 1 unspecified atom stereocenters. The summed E-state index contributed by atoms with van der Waals surface area (Å²) < 4.78 is 71.6. The third kappa shape index (κ3) is 2.66. The molecule has 0 bridgehead atoms. The molecule has 0 spiro atoms. The average molecular weight is 229 g/mol. The number of carbonyl (C=O) groups is 1. The number of alkyl carbamates (subject to hydrolysis) is 1. The number of ether oxygens (including phenoxy) is 2. The fraction of sp³-hybridized carbons (Fsp3) is 0.417. The second-order valence-corrected chi connectivity index (χ2v) is 3.18. The number of hydrogen-bond donors (Lipinski definition) is 1. The quantitative estimate of drug-likeness (QED) is 0.859. The van der Waals surface area contributed by atoms with Gasteiger partial charge in [0.25, 0.3) is 0 Å². The van der Waals surface area contributed by atoms with E-state index in [2.05, 4.69) is 4.74 Å². The standard InChI is InChI=1S/C12H15NO3/c1-8-3-9(2)5-10(4-8)15-7-11-6-13-12(14)16-11/h3-5,11H,6-7H2,1-2H3,(H,13,14)/i3D,4D,5D,6D2,7D2/hD. The minimum atomic E-state index is -2.94. The number of amides is 1. The highest BCUT2D eigenvalue weighted by Crippen LogP contribution is 2.16. The molecule has 1 aromatic rings. The normalized spacial score (nSPS) is 31.0. The second kappa shape index (κ2) is 4.43. The molecule has 0 radical (unpaired) electrons. The van der Waals surface area contributed by atoms with Crippen LogP contribution in [0.1, 0.15) is 20.7 Å². The molecular formula is C12H15NO3. The SMILES string of the molecule is [2H]c1c(C)c([2H])c(OC([2H])([2H])C2OC(=O)N([2H])C2([2H])[2H])c([2H])c1C. The molecule has 1 amide bonds. The summed E-state index contributed by atoms with van der Waals surface area (Å²) >= 11 is 0. The van der Waals surface area contributed by atoms with Crippen LogP contribution in [0.15, 0.2) is 18.1 Å². The van der Waals surface area contributed by atoms with Gasteiger partial charge in [0.2, 0.25) is 0 Å². The smallest absolute Gasteiger partial charge is 0.407 e. The van der Waals surface area contributed by atoms with Gasteiger partial charge in [-0.3, -0.25) is 0 Å². The molecule has 1 aliphatic rings. The predicted octanol–water partition coefficient (Wildman–Crippen LogP) is 1.79. The molecule has 1 heterocycles. The average Bonchev–Trinajstić information content (AvgIpc) is 2.71. The van der Waals surface area contributed by atoms with Gasteiger partial charge in [0.05, 0.1) is 16.1 Å². The molecule has 1 saturated heterocycles. The summed E-state index contributed by atoms with van der Waals surface area (Å²) in [5.74, 6) is -0.485. The van der Waals surface area contributed by atoms with Crippen molar-refractivity contribution in [3.8, 4) is 5.75 Å². The first-order chi connectivity index (χ1) is 10.8. The molecule has 2 rings (SSSR count). The van der Waals surface area contributed by atoms with Gasteiger partial charge in [-0.1, -0.05) is 6.04 Å². The van der Waals surface area contributed by atoms with Crippen molar-refractivity contribution in [1.29, 1.82) is 0 Å². The number of rotatable bonds is 3. The lowest BCUT2D eigenvalue weighted by Crippen LogP contribution is -2.21. The lowest BCUT2D eigenvalue weighted by molar-refractivity contribution is 0.105. The van der Waals surface area contributed by atoms with E-state index in [1.54, 1.807) is 0 Å². The molecule has 86 valence electrons. The summed E-state index contributed by atoms with van der Waals surface area (Å²) in [7, 11) is 0. The highest BCUT2D eigenvalue weighted by molar-refractivity contribution is 5.69. The monoisotopic (exact) mass is 229 g/mol. The van der Waals surface area contributed by atoms with Crippen molar-refractivity contribution >= 4 is 6.09 Å². The van der Waals surface area contributed by atoms with E-state index in [4.69, 9.17) is 15.7 Å². The zero-order chi connectivity index (χ0) is 18.6. The largest absolute Gasteiger partial charge is 0.490 e. The topological polar surface area (TPSA) is 47.6 Å². The van der Waals surface area contributed by atoms with Crippen molar-refractivity contribution < 1.29 is 25.3 Å². The van der Waals surface area contributed by atoms with Gasteiger partial charge in [-0.2, -0.15) is 0 Å². The lowest BCUT2D eigenvalue weighted by Gasteiger charge is -2.11. The molecule has 0 aliphatic carbocycles. The number of benzene rings is 1. The summed E-state index contributed by atoms with van der Waals surface area (Å²) in [6.07, 6.45) is -3.46. The van der Waals surface area contributed by atoms with Gasteiger partial charge < -0.3 is 14.8 Å². The van der Waals surface area contributed by atoms with E-state index < -0.39 is 31.0 Å². The Balaban J connectivity index is 2.46. The van der Waals surface area contributed by atoms with Crippen molar-refractivity contribution in [1.82, 2.24) is 5.31 Å². The Bertz CT molecular complexity index is 679. The Morgan fingerprint density at radius 1 is 1.69 bits per heavy atom. The van der Waals surface area contributed by atoms with Crippen molar-refractivity contribution in [3.05, 3.63) is 29.3 Å². The van der Waals surface area contributed by atoms with E-state index in [1.807, 2.05) is 0 Å². The number of hydrogen-bond acceptors (Lipinski definition) is 3. The van der Waals surface area contributed by atoms with Crippen LogP contribution in [-0.4, -0.2) is 25.3 Å². The molecule has 1 fully saturated rings. The second-order valence-electron chi connectivity index (χ2n) is 3.18. The number of cyclic esters (lactones) is 1. The molecule has 0 aromatic heterocycles. The predicted molar refractivity (Wildman–Crippen MR) is 59.7 cm³/mol. The maximum absolute atomic E-state index is 11.3. The van der Waals surface area contributed by atoms with Gasteiger partial charge in [-0.15, -0.1) is 0 Å². The minimum absolute atomic E-state index is 0.0436. The molecular weight excluding hydrogens is 206 g/mol. The highest BCUT2D eigenvalue weighted by Gasteiger charge is 2.22. The van der Waals surface area contributed by atoms with Crippen LogP contribution < -0.4 is 10.0 Å². The molecule has 1 N–H and O–H groups in total. The number of nitrogens with one attached hydrogen (secondary N) is 1. The van der Waals surface area contributed by atoms with Crippen LogP contribution in [0.25, 0.3) is 0 Å². The molecule has 1 aromatic carbocycles. The zero-order valence-corrected chi connectivity index (χ0v) is 8.75. The van der Waals surface area contributed by atoms with Crippen molar-refractivity contribution in [2.24, 2.45) is 0 Å². The number of carbonyl (C=O) groups excluding carboxylic acids is 1. The summed E-state index contributed by atoms with van der Waals surface area (Å²) in [6.45, 7) is -2.85. The van der Waals surface area contributed by atoms with Crippen LogP contribution in [0.3, 0.4) is 0 Å². The van der Waals surface area contributed by atoms with Gasteiger partial charge in [-0.25, -0.2) is 4.79 Å². The summed E-state index contributed by atoms with van der Waals surface area (Å²) in [4.78, 5) is 11.3. The first kappa shape index (κ1) is 4.65. The minimum Gasteiger partial charge on any atom is -0.490 e. The fourth-order valence-electron chi connectivity index (χ4n) is 1.19. The first-order valence-corrected chi connectivity index (χ1v) is 4.58. The van der Waals surface area contributed by atoms with Gasteiger partial charge in [0.1, 0.15) is 12.3 Å². The molecule has 4 nitrogen and oxygen atoms in total. The van der Waals surface area contributed by atoms with Crippen LogP contribution >= 0.6 is 0 Å². The summed E-state index contributed by atoms with van der Waals surface area (Å²) in [5.41, 5.74) is 0.339. The highest BCUT2D eigenvalue weighted by atomic mass is 16.6. The molecule has 1 atom stereocenters.